The van der Waals surface area contributed by atoms with Crippen molar-refractivity contribution in [1.29, 1.82) is 0 Å². The molecule has 1 aromatic heterocycles. The van der Waals surface area contributed by atoms with Crippen LogP contribution in [0.15, 0.2) is 18.3 Å². The summed E-state index contributed by atoms with van der Waals surface area (Å²) in [5.41, 5.74) is 1.37. The van der Waals surface area contributed by atoms with Crippen molar-refractivity contribution in [3.05, 3.63) is 24.0 Å². The van der Waals surface area contributed by atoms with E-state index in [4.69, 9.17) is 4.74 Å². The van der Waals surface area contributed by atoms with Crippen molar-refractivity contribution >= 4 is 11.6 Å². The second-order valence-corrected chi connectivity index (χ2v) is 4.56. The largest absolute Gasteiger partial charge is 0.382 e. The van der Waals surface area contributed by atoms with E-state index in [0.29, 0.717) is 11.7 Å². The van der Waals surface area contributed by atoms with Crippen molar-refractivity contribution < 1.29 is 9.53 Å². The molecule has 1 aromatic rings. The van der Waals surface area contributed by atoms with E-state index in [2.05, 4.69) is 22.5 Å². The molecule has 0 bridgehead atoms. The number of ether oxygens (including phenoxy) is 1. The Morgan fingerprint density at radius 1 is 1.56 bits per heavy atom. The molecule has 1 aliphatic rings. The standard InChI is InChI=1S/C13H19N3O2/c1-9-7-11(4-6-18-9)16-10-3-5-15-12(8-10)13(17)14-2/h3,5,8-9,11H,4,6-7H2,1-2H3,(H,14,17)(H,15,16). The lowest BCUT2D eigenvalue weighted by atomic mass is 10.0. The fraction of sp³-hybridized carbons (Fsp3) is 0.538. The molecule has 2 heterocycles. The summed E-state index contributed by atoms with van der Waals surface area (Å²) in [6, 6.07) is 4.06. The van der Waals surface area contributed by atoms with Crippen LogP contribution in [-0.2, 0) is 4.74 Å². The maximum absolute atomic E-state index is 11.5. The fourth-order valence-electron chi connectivity index (χ4n) is 2.14. The molecule has 2 atom stereocenters. The molecule has 1 amide bonds. The highest BCUT2D eigenvalue weighted by Gasteiger charge is 2.19. The number of rotatable bonds is 3. The number of pyridine rings is 1. The summed E-state index contributed by atoms with van der Waals surface area (Å²) in [5.74, 6) is -0.168. The van der Waals surface area contributed by atoms with Gasteiger partial charge in [0.1, 0.15) is 5.69 Å². The molecule has 5 nitrogen and oxygen atoms in total. The van der Waals surface area contributed by atoms with Gasteiger partial charge < -0.3 is 15.4 Å². The number of carbonyl (C=O) groups excluding carboxylic acids is 1. The number of carbonyl (C=O) groups is 1. The van der Waals surface area contributed by atoms with Gasteiger partial charge in [0.25, 0.3) is 5.91 Å². The average Bonchev–Trinajstić information content (AvgIpc) is 2.38. The molecule has 18 heavy (non-hydrogen) atoms. The van der Waals surface area contributed by atoms with Crippen molar-refractivity contribution in [1.82, 2.24) is 10.3 Å². The molecule has 1 saturated heterocycles. The van der Waals surface area contributed by atoms with Crippen molar-refractivity contribution in [3.63, 3.8) is 0 Å². The van der Waals surface area contributed by atoms with Crippen LogP contribution in [0.5, 0.6) is 0 Å². The average molecular weight is 249 g/mol. The van der Waals surface area contributed by atoms with Crippen LogP contribution in [0, 0.1) is 0 Å². The minimum atomic E-state index is -0.168. The van der Waals surface area contributed by atoms with E-state index in [0.717, 1.165) is 25.1 Å². The third kappa shape index (κ3) is 3.20. The molecule has 0 radical (unpaired) electrons. The highest BCUT2D eigenvalue weighted by Crippen LogP contribution is 2.18. The lowest BCUT2D eigenvalue weighted by Gasteiger charge is -2.28. The molecule has 98 valence electrons. The number of hydrogen-bond donors (Lipinski definition) is 2. The first-order valence-electron chi connectivity index (χ1n) is 6.25. The molecule has 1 aliphatic heterocycles. The van der Waals surface area contributed by atoms with Crippen molar-refractivity contribution in [2.24, 2.45) is 0 Å². The van der Waals surface area contributed by atoms with Crippen LogP contribution in [0.4, 0.5) is 5.69 Å². The number of aromatic nitrogens is 1. The molecule has 2 rings (SSSR count). The predicted molar refractivity (Wildman–Crippen MR) is 69.7 cm³/mol. The van der Waals surface area contributed by atoms with Gasteiger partial charge in [-0.1, -0.05) is 0 Å². The van der Waals surface area contributed by atoms with Gasteiger partial charge in [0, 0.05) is 31.6 Å². The zero-order valence-corrected chi connectivity index (χ0v) is 10.8. The Hall–Kier alpha value is -1.62. The molecular formula is C13H19N3O2. The molecular weight excluding hydrogens is 230 g/mol. The second kappa shape index (κ2) is 5.82. The normalized spacial score (nSPS) is 23.4. The molecule has 0 saturated carbocycles. The Balaban J connectivity index is 2.02. The molecule has 0 aromatic carbocycles. The molecule has 0 spiro atoms. The minimum Gasteiger partial charge on any atom is -0.382 e. The first-order chi connectivity index (χ1) is 8.69. The molecule has 0 aliphatic carbocycles. The van der Waals surface area contributed by atoms with Crippen LogP contribution >= 0.6 is 0 Å². The van der Waals surface area contributed by atoms with Crippen molar-refractivity contribution in [2.75, 3.05) is 19.0 Å². The number of amides is 1. The summed E-state index contributed by atoms with van der Waals surface area (Å²) in [5, 5.41) is 6.00. The van der Waals surface area contributed by atoms with Crippen molar-refractivity contribution in [3.8, 4) is 0 Å². The summed E-state index contributed by atoms with van der Waals surface area (Å²) < 4.78 is 5.51. The summed E-state index contributed by atoms with van der Waals surface area (Å²) >= 11 is 0. The van der Waals surface area contributed by atoms with Gasteiger partial charge in [-0.05, 0) is 31.9 Å². The zero-order valence-electron chi connectivity index (χ0n) is 10.8. The predicted octanol–water partition coefficient (Wildman–Crippen LogP) is 1.42. The Kier molecular flexibility index (Phi) is 4.15. The van der Waals surface area contributed by atoms with E-state index >= 15 is 0 Å². The summed E-state index contributed by atoms with van der Waals surface area (Å²) in [6.07, 6.45) is 3.91. The van der Waals surface area contributed by atoms with E-state index in [9.17, 15) is 4.79 Å². The minimum absolute atomic E-state index is 0.168. The van der Waals surface area contributed by atoms with Gasteiger partial charge >= 0.3 is 0 Å². The molecule has 2 unspecified atom stereocenters. The molecule has 1 fully saturated rings. The van der Waals surface area contributed by atoms with E-state index in [1.165, 1.54) is 0 Å². The molecule has 5 heteroatoms. The van der Waals surface area contributed by atoms with E-state index < -0.39 is 0 Å². The summed E-state index contributed by atoms with van der Waals surface area (Å²) in [4.78, 5) is 15.5. The van der Waals surface area contributed by atoms with E-state index in [-0.39, 0.29) is 12.0 Å². The van der Waals surface area contributed by atoms with Gasteiger partial charge in [-0.3, -0.25) is 9.78 Å². The lowest BCUT2D eigenvalue weighted by molar-refractivity contribution is 0.0232. The summed E-state index contributed by atoms with van der Waals surface area (Å²) in [6.45, 7) is 2.86. The quantitative estimate of drug-likeness (QED) is 0.850. The van der Waals surface area contributed by atoms with Crippen LogP contribution in [0.1, 0.15) is 30.3 Å². The maximum atomic E-state index is 11.5. The molecule has 2 N–H and O–H groups in total. The van der Waals surface area contributed by atoms with Gasteiger partial charge in [0.05, 0.1) is 6.10 Å². The van der Waals surface area contributed by atoms with Gasteiger partial charge in [0.2, 0.25) is 0 Å². The van der Waals surface area contributed by atoms with Crippen LogP contribution in [-0.4, -0.2) is 36.7 Å². The number of anilines is 1. The number of nitrogens with zero attached hydrogens (tertiary/aromatic N) is 1. The maximum Gasteiger partial charge on any atom is 0.269 e. The van der Waals surface area contributed by atoms with Crippen molar-refractivity contribution in [2.45, 2.75) is 31.9 Å². The monoisotopic (exact) mass is 249 g/mol. The van der Waals surface area contributed by atoms with Gasteiger partial charge in [-0.15, -0.1) is 0 Å². The smallest absolute Gasteiger partial charge is 0.269 e. The fourth-order valence-corrected chi connectivity index (χ4v) is 2.14. The topological polar surface area (TPSA) is 63.2 Å². The van der Waals surface area contributed by atoms with E-state index in [1.807, 2.05) is 6.07 Å². The SMILES string of the molecule is CNC(=O)c1cc(NC2CCOC(C)C2)ccn1. The van der Waals surface area contributed by atoms with Crippen LogP contribution < -0.4 is 10.6 Å². The van der Waals surface area contributed by atoms with Crippen LogP contribution in [0.2, 0.25) is 0 Å². The Bertz CT molecular complexity index is 422. The van der Waals surface area contributed by atoms with E-state index in [1.54, 1.807) is 19.3 Å². The second-order valence-electron chi connectivity index (χ2n) is 4.56. The van der Waals surface area contributed by atoms with Gasteiger partial charge in [-0.25, -0.2) is 0 Å². The Morgan fingerprint density at radius 2 is 2.39 bits per heavy atom. The first kappa shape index (κ1) is 12.8. The Labute approximate surface area is 107 Å². The van der Waals surface area contributed by atoms with Gasteiger partial charge in [-0.2, -0.15) is 0 Å². The summed E-state index contributed by atoms with van der Waals surface area (Å²) in [7, 11) is 1.60. The lowest BCUT2D eigenvalue weighted by Crippen LogP contribution is -2.32. The highest BCUT2D eigenvalue weighted by atomic mass is 16.5. The zero-order chi connectivity index (χ0) is 13.0. The van der Waals surface area contributed by atoms with Gasteiger partial charge in [0.15, 0.2) is 0 Å². The third-order valence-corrected chi connectivity index (χ3v) is 3.08. The number of nitrogens with one attached hydrogen (secondary N) is 2. The van der Waals surface area contributed by atoms with Crippen LogP contribution in [0.3, 0.4) is 0 Å². The number of hydrogen-bond acceptors (Lipinski definition) is 4. The first-order valence-corrected chi connectivity index (χ1v) is 6.25. The Morgan fingerprint density at radius 3 is 3.11 bits per heavy atom. The van der Waals surface area contributed by atoms with Crippen LogP contribution in [0.25, 0.3) is 0 Å². The third-order valence-electron chi connectivity index (χ3n) is 3.08. The highest BCUT2D eigenvalue weighted by molar-refractivity contribution is 5.92.